The van der Waals surface area contributed by atoms with E-state index in [2.05, 4.69) is 10.2 Å². The van der Waals surface area contributed by atoms with Crippen LogP contribution in [0.5, 0.6) is 11.5 Å². The molecule has 6 heteroatoms. The van der Waals surface area contributed by atoms with Gasteiger partial charge in [0.1, 0.15) is 11.5 Å². The van der Waals surface area contributed by atoms with E-state index in [1.807, 2.05) is 44.4 Å². The van der Waals surface area contributed by atoms with Gasteiger partial charge in [0.25, 0.3) is 0 Å². The fraction of sp³-hybridized carbons (Fsp3) is 0.333. The van der Waals surface area contributed by atoms with Crippen LogP contribution in [0.15, 0.2) is 54.6 Å². The lowest BCUT2D eigenvalue weighted by atomic mass is 10.3. The van der Waals surface area contributed by atoms with Crippen LogP contribution in [0.3, 0.4) is 0 Å². The van der Waals surface area contributed by atoms with Crippen LogP contribution in [0, 0.1) is 0 Å². The summed E-state index contributed by atoms with van der Waals surface area (Å²) in [5, 5.41) is 2.82. The zero-order chi connectivity index (χ0) is 19.6. The minimum absolute atomic E-state index is 0.0467. The summed E-state index contributed by atoms with van der Waals surface area (Å²) in [7, 11) is 3.96. The molecule has 0 radical (unpaired) electrons. The topological polar surface area (TPSA) is 61.9 Å². The van der Waals surface area contributed by atoms with Gasteiger partial charge < -0.3 is 19.9 Å². The number of hydrogen-bond donors (Lipinski definition) is 1. The summed E-state index contributed by atoms with van der Waals surface area (Å²) in [5.74, 6) is 1.12. The van der Waals surface area contributed by atoms with E-state index in [-0.39, 0.29) is 18.4 Å². The fourth-order valence-corrected chi connectivity index (χ4v) is 2.53. The van der Waals surface area contributed by atoms with E-state index in [9.17, 15) is 9.59 Å². The number of carbonyl (C=O) groups is 2. The monoisotopic (exact) mass is 369 g/mol. The summed E-state index contributed by atoms with van der Waals surface area (Å²) in [4.78, 5) is 27.6. The summed E-state index contributed by atoms with van der Waals surface area (Å²) in [5.41, 5.74) is 0.664. The molecule has 0 fully saturated rings. The lowest BCUT2D eigenvalue weighted by Crippen LogP contribution is -2.38. The minimum Gasteiger partial charge on any atom is -0.457 e. The number of benzene rings is 2. The highest BCUT2D eigenvalue weighted by Crippen LogP contribution is 2.22. The summed E-state index contributed by atoms with van der Waals surface area (Å²) >= 11 is 0. The van der Waals surface area contributed by atoms with Crippen molar-refractivity contribution in [2.24, 2.45) is 0 Å². The van der Waals surface area contributed by atoms with Crippen molar-refractivity contribution in [1.82, 2.24) is 9.80 Å². The van der Waals surface area contributed by atoms with Crippen molar-refractivity contribution in [1.29, 1.82) is 0 Å². The molecule has 2 aromatic rings. The summed E-state index contributed by atoms with van der Waals surface area (Å²) in [6.45, 7) is 2.96. The molecule has 2 aromatic carbocycles. The first-order valence-electron chi connectivity index (χ1n) is 8.97. The van der Waals surface area contributed by atoms with Gasteiger partial charge in [0, 0.05) is 19.2 Å². The van der Waals surface area contributed by atoms with Crippen molar-refractivity contribution in [3.05, 3.63) is 54.6 Å². The average molecular weight is 369 g/mol. The van der Waals surface area contributed by atoms with Crippen molar-refractivity contribution in [2.75, 3.05) is 39.0 Å². The Morgan fingerprint density at radius 1 is 0.926 bits per heavy atom. The molecule has 2 amide bonds. The molecule has 0 atom stereocenters. The molecular weight excluding hydrogens is 342 g/mol. The Morgan fingerprint density at radius 3 is 2.15 bits per heavy atom. The molecule has 0 aliphatic heterocycles. The largest absolute Gasteiger partial charge is 0.457 e. The number of amides is 2. The molecule has 0 heterocycles. The second-order valence-corrected chi connectivity index (χ2v) is 6.59. The molecular formula is C21H27N3O3. The maximum atomic E-state index is 12.3. The smallest absolute Gasteiger partial charge is 0.243 e. The molecule has 27 heavy (non-hydrogen) atoms. The lowest BCUT2D eigenvalue weighted by molar-refractivity contribution is -0.132. The maximum absolute atomic E-state index is 12.3. The molecule has 0 bridgehead atoms. The van der Waals surface area contributed by atoms with Crippen molar-refractivity contribution in [3.8, 4) is 11.5 Å². The molecule has 1 N–H and O–H groups in total. The zero-order valence-electron chi connectivity index (χ0n) is 16.1. The highest BCUT2D eigenvalue weighted by Gasteiger charge is 2.13. The molecule has 144 valence electrons. The first-order valence-corrected chi connectivity index (χ1v) is 8.97. The number of para-hydroxylation sites is 1. The number of nitrogens with zero attached hydrogens (tertiary/aromatic N) is 2. The van der Waals surface area contributed by atoms with E-state index in [0.29, 0.717) is 18.0 Å². The third kappa shape index (κ3) is 7.50. The standard InChI is InChI=1S/C21H27N3O3/c1-17(25)24(15-7-14-23(2)3)16-21(26)22-18-10-12-20(13-11-18)27-19-8-5-4-6-9-19/h4-6,8-13H,7,14-16H2,1-3H3,(H,22,26). The number of nitrogens with one attached hydrogen (secondary N) is 1. The molecule has 0 saturated carbocycles. The maximum Gasteiger partial charge on any atom is 0.243 e. The van der Waals surface area contributed by atoms with Crippen molar-refractivity contribution >= 4 is 17.5 Å². The second-order valence-electron chi connectivity index (χ2n) is 6.59. The quantitative estimate of drug-likeness (QED) is 0.737. The van der Waals surface area contributed by atoms with E-state index in [0.717, 1.165) is 18.7 Å². The van der Waals surface area contributed by atoms with Gasteiger partial charge in [-0.1, -0.05) is 18.2 Å². The van der Waals surface area contributed by atoms with Crippen LogP contribution >= 0.6 is 0 Å². The normalized spacial score (nSPS) is 10.5. The van der Waals surface area contributed by atoms with Gasteiger partial charge in [0.05, 0.1) is 6.54 Å². The summed E-state index contributed by atoms with van der Waals surface area (Å²) in [6, 6.07) is 16.6. The number of hydrogen-bond acceptors (Lipinski definition) is 4. The van der Waals surface area contributed by atoms with Gasteiger partial charge in [0.2, 0.25) is 11.8 Å². The van der Waals surface area contributed by atoms with Crippen LogP contribution in [0.1, 0.15) is 13.3 Å². The van der Waals surface area contributed by atoms with E-state index in [1.165, 1.54) is 6.92 Å². The summed E-state index contributed by atoms with van der Waals surface area (Å²) in [6.07, 6.45) is 0.825. The number of ether oxygens (including phenoxy) is 1. The third-order valence-corrected chi connectivity index (χ3v) is 3.93. The van der Waals surface area contributed by atoms with Crippen molar-refractivity contribution < 1.29 is 14.3 Å². The lowest BCUT2D eigenvalue weighted by Gasteiger charge is -2.21. The third-order valence-electron chi connectivity index (χ3n) is 3.93. The van der Waals surface area contributed by atoms with Crippen LogP contribution in [0.25, 0.3) is 0 Å². The predicted octanol–water partition coefficient (Wildman–Crippen LogP) is 3.22. The van der Waals surface area contributed by atoms with Gasteiger partial charge >= 0.3 is 0 Å². The first kappa shape index (κ1) is 20.5. The SMILES string of the molecule is CC(=O)N(CCCN(C)C)CC(=O)Nc1ccc(Oc2ccccc2)cc1. The number of anilines is 1. The molecule has 0 aliphatic rings. The molecule has 0 saturated heterocycles. The van der Waals surface area contributed by atoms with E-state index in [4.69, 9.17) is 4.74 Å². The van der Waals surface area contributed by atoms with Gasteiger partial charge in [-0.2, -0.15) is 0 Å². The Balaban J connectivity index is 1.85. The zero-order valence-corrected chi connectivity index (χ0v) is 16.1. The number of rotatable bonds is 9. The Morgan fingerprint density at radius 2 is 1.56 bits per heavy atom. The Hall–Kier alpha value is -2.86. The highest BCUT2D eigenvalue weighted by atomic mass is 16.5. The predicted molar refractivity (Wildman–Crippen MR) is 107 cm³/mol. The Kier molecular flexibility index (Phi) is 7.82. The first-order chi connectivity index (χ1) is 12.9. The Bertz CT molecular complexity index is 730. The van der Waals surface area contributed by atoms with Gasteiger partial charge in [-0.3, -0.25) is 9.59 Å². The van der Waals surface area contributed by atoms with Crippen LogP contribution in [0.4, 0.5) is 5.69 Å². The molecule has 0 unspecified atom stereocenters. The number of carbonyl (C=O) groups excluding carboxylic acids is 2. The van der Waals surface area contributed by atoms with E-state index < -0.39 is 0 Å². The average Bonchev–Trinajstić information content (AvgIpc) is 2.63. The molecule has 6 nitrogen and oxygen atoms in total. The van der Waals surface area contributed by atoms with Gasteiger partial charge in [0.15, 0.2) is 0 Å². The van der Waals surface area contributed by atoms with E-state index in [1.54, 1.807) is 29.2 Å². The van der Waals surface area contributed by atoms with Crippen LogP contribution in [-0.4, -0.2) is 55.3 Å². The van der Waals surface area contributed by atoms with Crippen LogP contribution in [-0.2, 0) is 9.59 Å². The van der Waals surface area contributed by atoms with Gasteiger partial charge in [-0.05, 0) is 63.5 Å². The van der Waals surface area contributed by atoms with Gasteiger partial charge in [-0.25, -0.2) is 0 Å². The highest BCUT2D eigenvalue weighted by molar-refractivity contribution is 5.94. The molecule has 0 aliphatic carbocycles. The van der Waals surface area contributed by atoms with Crippen molar-refractivity contribution in [3.63, 3.8) is 0 Å². The Labute approximate surface area is 160 Å². The minimum atomic E-state index is -0.216. The molecule has 2 rings (SSSR count). The van der Waals surface area contributed by atoms with Crippen LogP contribution < -0.4 is 10.1 Å². The van der Waals surface area contributed by atoms with Gasteiger partial charge in [-0.15, -0.1) is 0 Å². The molecule has 0 aromatic heterocycles. The second kappa shape index (κ2) is 10.3. The van der Waals surface area contributed by atoms with Crippen molar-refractivity contribution in [2.45, 2.75) is 13.3 Å². The van der Waals surface area contributed by atoms with E-state index >= 15 is 0 Å². The molecule has 0 spiro atoms. The fourth-order valence-electron chi connectivity index (χ4n) is 2.53. The van der Waals surface area contributed by atoms with Crippen LogP contribution in [0.2, 0.25) is 0 Å². The summed E-state index contributed by atoms with van der Waals surface area (Å²) < 4.78 is 5.73.